The Hall–Kier alpha value is -1.88. The number of nitrogens with zero attached hydrogens (tertiary/aromatic N) is 2. The Morgan fingerprint density at radius 1 is 1.47 bits per heavy atom. The van der Waals surface area contributed by atoms with Crippen LogP contribution < -0.4 is 11.1 Å². The van der Waals surface area contributed by atoms with E-state index in [1.165, 1.54) is 0 Å². The van der Waals surface area contributed by atoms with E-state index in [0.717, 1.165) is 17.1 Å². The Morgan fingerprint density at radius 2 is 2.24 bits per heavy atom. The molecule has 1 aromatic heterocycles. The van der Waals surface area contributed by atoms with Crippen molar-refractivity contribution in [3.63, 3.8) is 0 Å². The SMILES string of the molecule is Cn1ccnc1CNc1ccccc1C(N)=S. The lowest BCUT2D eigenvalue weighted by atomic mass is 10.2. The largest absolute Gasteiger partial charge is 0.389 e. The van der Waals surface area contributed by atoms with E-state index in [1.807, 2.05) is 42.1 Å². The zero-order valence-corrected chi connectivity index (χ0v) is 10.4. The van der Waals surface area contributed by atoms with Crippen molar-refractivity contribution in [2.75, 3.05) is 5.32 Å². The van der Waals surface area contributed by atoms with E-state index in [-0.39, 0.29) is 0 Å². The summed E-state index contributed by atoms with van der Waals surface area (Å²) in [6, 6.07) is 7.73. The maximum absolute atomic E-state index is 5.66. The van der Waals surface area contributed by atoms with Crippen molar-refractivity contribution < 1.29 is 0 Å². The van der Waals surface area contributed by atoms with E-state index in [2.05, 4.69) is 10.3 Å². The minimum Gasteiger partial charge on any atom is -0.389 e. The van der Waals surface area contributed by atoms with Crippen LogP contribution in [0.25, 0.3) is 0 Å². The number of nitrogens with one attached hydrogen (secondary N) is 1. The molecular weight excluding hydrogens is 232 g/mol. The molecule has 0 saturated heterocycles. The van der Waals surface area contributed by atoms with Crippen molar-refractivity contribution in [2.45, 2.75) is 6.54 Å². The quantitative estimate of drug-likeness (QED) is 0.806. The van der Waals surface area contributed by atoms with Crippen molar-refractivity contribution in [1.82, 2.24) is 9.55 Å². The van der Waals surface area contributed by atoms with Crippen LogP contribution in [0.4, 0.5) is 5.69 Å². The molecule has 0 radical (unpaired) electrons. The lowest BCUT2D eigenvalue weighted by molar-refractivity contribution is 0.813. The number of hydrogen-bond acceptors (Lipinski definition) is 3. The maximum atomic E-state index is 5.66. The zero-order chi connectivity index (χ0) is 12.3. The molecule has 0 spiro atoms. The molecule has 88 valence electrons. The highest BCUT2D eigenvalue weighted by Crippen LogP contribution is 2.15. The number of imidazole rings is 1. The van der Waals surface area contributed by atoms with E-state index in [1.54, 1.807) is 6.20 Å². The summed E-state index contributed by atoms with van der Waals surface area (Å²) < 4.78 is 1.97. The molecule has 0 aliphatic carbocycles. The first-order chi connectivity index (χ1) is 8.18. The van der Waals surface area contributed by atoms with Crippen LogP contribution in [-0.4, -0.2) is 14.5 Å². The van der Waals surface area contributed by atoms with Crippen molar-refractivity contribution in [3.8, 4) is 0 Å². The molecule has 2 aromatic rings. The Balaban J connectivity index is 2.14. The van der Waals surface area contributed by atoms with Gasteiger partial charge in [0.05, 0.1) is 6.54 Å². The van der Waals surface area contributed by atoms with Crippen LogP contribution >= 0.6 is 12.2 Å². The van der Waals surface area contributed by atoms with E-state index in [9.17, 15) is 0 Å². The molecule has 0 atom stereocenters. The van der Waals surface area contributed by atoms with E-state index in [4.69, 9.17) is 18.0 Å². The first kappa shape index (κ1) is 11.6. The molecule has 17 heavy (non-hydrogen) atoms. The van der Waals surface area contributed by atoms with Crippen LogP contribution in [-0.2, 0) is 13.6 Å². The summed E-state index contributed by atoms with van der Waals surface area (Å²) in [5.74, 6) is 0.961. The van der Waals surface area contributed by atoms with Gasteiger partial charge in [-0.15, -0.1) is 0 Å². The molecule has 1 heterocycles. The molecule has 5 heteroatoms. The van der Waals surface area contributed by atoms with Gasteiger partial charge in [0.25, 0.3) is 0 Å². The standard InChI is InChI=1S/C12H14N4S/c1-16-7-6-14-11(16)8-15-10-5-3-2-4-9(10)12(13)17/h2-7,15H,8H2,1H3,(H2,13,17). The molecule has 1 aromatic carbocycles. The van der Waals surface area contributed by atoms with E-state index < -0.39 is 0 Å². The highest BCUT2D eigenvalue weighted by atomic mass is 32.1. The smallest absolute Gasteiger partial charge is 0.127 e. The second-order valence-corrected chi connectivity index (χ2v) is 4.16. The van der Waals surface area contributed by atoms with Crippen molar-refractivity contribution in [1.29, 1.82) is 0 Å². The van der Waals surface area contributed by atoms with Gasteiger partial charge in [-0.05, 0) is 12.1 Å². The number of hydrogen-bond donors (Lipinski definition) is 2. The third-order valence-electron chi connectivity index (χ3n) is 2.55. The summed E-state index contributed by atoms with van der Waals surface area (Å²) >= 11 is 5.01. The summed E-state index contributed by atoms with van der Waals surface area (Å²) in [4.78, 5) is 4.64. The fraction of sp³-hybridized carbons (Fsp3) is 0.167. The predicted octanol–water partition coefficient (Wildman–Crippen LogP) is 1.67. The average molecular weight is 246 g/mol. The van der Waals surface area contributed by atoms with Crippen molar-refractivity contribution in [3.05, 3.63) is 48.0 Å². The molecule has 0 bridgehead atoms. The molecule has 4 nitrogen and oxygen atoms in total. The van der Waals surface area contributed by atoms with Gasteiger partial charge in [-0.2, -0.15) is 0 Å². The number of thiocarbonyl (C=S) groups is 1. The first-order valence-electron chi connectivity index (χ1n) is 5.27. The monoisotopic (exact) mass is 246 g/mol. The Morgan fingerprint density at radius 3 is 2.88 bits per heavy atom. The minimum absolute atomic E-state index is 0.396. The van der Waals surface area contributed by atoms with Gasteiger partial charge in [0, 0.05) is 30.7 Å². The summed E-state index contributed by atoms with van der Waals surface area (Å²) in [6.07, 6.45) is 3.69. The van der Waals surface area contributed by atoms with Gasteiger partial charge in [0.15, 0.2) is 0 Å². The molecule has 0 aliphatic heterocycles. The van der Waals surface area contributed by atoms with Crippen LogP contribution in [0.1, 0.15) is 11.4 Å². The van der Waals surface area contributed by atoms with Crippen molar-refractivity contribution in [2.24, 2.45) is 12.8 Å². The van der Waals surface area contributed by atoms with Gasteiger partial charge >= 0.3 is 0 Å². The lowest BCUT2D eigenvalue weighted by Crippen LogP contribution is -2.14. The molecule has 0 fully saturated rings. The molecule has 3 N–H and O–H groups in total. The number of anilines is 1. The highest BCUT2D eigenvalue weighted by Gasteiger charge is 2.05. The van der Waals surface area contributed by atoms with Gasteiger partial charge in [-0.25, -0.2) is 4.98 Å². The van der Waals surface area contributed by atoms with Gasteiger partial charge in [-0.3, -0.25) is 0 Å². The van der Waals surface area contributed by atoms with Crippen LogP contribution in [0.15, 0.2) is 36.7 Å². The fourth-order valence-electron chi connectivity index (χ4n) is 1.59. The summed E-state index contributed by atoms with van der Waals surface area (Å²) in [6.45, 7) is 0.642. The Bertz CT molecular complexity index is 533. The number of aromatic nitrogens is 2. The topological polar surface area (TPSA) is 55.9 Å². The number of benzene rings is 1. The second-order valence-electron chi connectivity index (χ2n) is 3.72. The molecule has 2 rings (SSSR count). The summed E-state index contributed by atoms with van der Waals surface area (Å²) in [7, 11) is 1.96. The number of nitrogens with two attached hydrogens (primary N) is 1. The first-order valence-corrected chi connectivity index (χ1v) is 5.68. The Kier molecular flexibility index (Phi) is 3.39. The van der Waals surface area contributed by atoms with Gasteiger partial charge in [0.2, 0.25) is 0 Å². The third-order valence-corrected chi connectivity index (χ3v) is 2.77. The number of para-hydroxylation sites is 1. The molecule has 0 amide bonds. The summed E-state index contributed by atoms with van der Waals surface area (Å²) in [5.41, 5.74) is 7.46. The molecular formula is C12H14N4S. The van der Waals surface area contributed by atoms with Gasteiger partial charge in [0.1, 0.15) is 10.8 Å². The summed E-state index contributed by atoms with van der Waals surface area (Å²) in [5, 5.41) is 3.29. The molecule has 0 aliphatic rings. The lowest BCUT2D eigenvalue weighted by Gasteiger charge is -2.10. The van der Waals surface area contributed by atoms with Crippen LogP contribution in [0.5, 0.6) is 0 Å². The van der Waals surface area contributed by atoms with Gasteiger partial charge in [-0.1, -0.05) is 24.4 Å². The van der Waals surface area contributed by atoms with E-state index >= 15 is 0 Å². The third kappa shape index (κ3) is 2.62. The van der Waals surface area contributed by atoms with E-state index in [0.29, 0.717) is 11.5 Å². The minimum atomic E-state index is 0.396. The van der Waals surface area contributed by atoms with Crippen molar-refractivity contribution >= 4 is 22.9 Å². The van der Waals surface area contributed by atoms with Crippen LogP contribution in [0.3, 0.4) is 0 Å². The molecule has 0 saturated carbocycles. The highest BCUT2D eigenvalue weighted by molar-refractivity contribution is 7.80. The second kappa shape index (κ2) is 4.97. The fourth-order valence-corrected chi connectivity index (χ4v) is 1.77. The zero-order valence-electron chi connectivity index (χ0n) is 9.55. The molecule has 0 unspecified atom stereocenters. The number of aryl methyl sites for hydroxylation is 1. The van der Waals surface area contributed by atoms with Crippen LogP contribution in [0, 0.1) is 0 Å². The average Bonchev–Trinajstić information content (AvgIpc) is 2.72. The maximum Gasteiger partial charge on any atom is 0.127 e. The number of rotatable bonds is 4. The van der Waals surface area contributed by atoms with Crippen LogP contribution in [0.2, 0.25) is 0 Å². The normalized spacial score (nSPS) is 10.2. The Labute approximate surface area is 105 Å². The van der Waals surface area contributed by atoms with Gasteiger partial charge < -0.3 is 15.6 Å². The predicted molar refractivity (Wildman–Crippen MR) is 72.9 cm³/mol.